The molecular weight excluding hydrogens is 286 g/mol. The van der Waals surface area contributed by atoms with E-state index in [9.17, 15) is 20.0 Å². The van der Waals surface area contributed by atoms with E-state index in [2.05, 4.69) is 0 Å². The van der Waals surface area contributed by atoms with Crippen LogP contribution in [-0.2, 0) is 0 Å². The Morgan fingerprint density at radius 1 is 1.18 bits per heavy atom. The highest BCUT2D eigenvalue weighted by Crippen LogP contribution is 2.33. The van der Waals surface area contributed by atoms with Crippen LogP contribution in [0.3, 0.4) is 0 Å². The maximum Gasteiger partial charge on any atom is 0.311 e. The van der Waals surface area contributed by atoms with Crippen LogP contribution in [0.2, 0.25) is 0 Å². The third-order valence-corrected chi connectivity index (χ3v) is 3.35. The van der Waals surface area contributed by atoms with E-state index in [1.165, 1.54) is 12.1 Å². The number of benzene rings is 2. The van der Waals surface area contributed by atoms with Crippen molar-refractivity contribution in [1.29, 1.82) is 0 Å². The number of hydrogen-bond donors (Lipinski definition) is 1. The summed E-state index contributed by atoms with van der Waals surface area (Å²) in [5.74, 6) is -0.332. The first kappa shape index (κ1) is 13.8. The van der Waals surface area contributed by atoms with Gasteiger partial charge >= 0.3 is 5.69 Å². The molecule has 6 nitrogen and oxygen atoms in total. The first-order chi connectivity index (χ1) is 10.5. The van der Waals surface area contributed by atoms with Crippen LogP contribution in [0, 0.1) is 17.0 Å². The van der Waals surface area contributed by atoms with Crippen LogP contribution < -0.4 is 5.43 Å². The van der Waals surface area contributed by atoms with Crippen LogP contribution in [0.25, 0.3) is 22.3 Å². The molecule has 0 fully saturated rings. The third-order valence-electron chi connectivity index (χ3n) is 3.35. The van der Waals surface area contributed by atoms with Gasteiger partial charge in [0.1, 0.15) is 16.7 Å². The standard InChI is InChI=1S/C16H11NO5/c1-9-3-2-4-10(7-9)14-8-12(18)15-13(22-14)6-5-11(16(15)19)17(20)21/h2-8,19H,1H3. The van der Waals surface area contributed by atoms with E-state index in [-0.39, 0.29) is 11.0 Å². The highest BCUT2D eigenvalue weighted by atomic mass is 16.6. The lowest BCUT2D eigenvalue weighted by Crippen LogP contribution is -2.02. The SMILES string of the molecule is Cc1cccc(-c2cc(=O)c3c(O)c([N+](=O)[O-])ccc3o2)c1. The number of hydrogen-bond acceptors (Lipinski definition) is 5. The van der Waals surface area contributed by atoms with E-state index >= 15 is 0 Å². The second-order valence-electron chi connectivity index (χ2n) is 4.91. The Hall–Kier alpha value is -3.15. The minimum Gasteiger partial charge on any atom is -0.501 e. The Balaban J connectivity index is 2.29. The summed E-state index contributed by atoms with van der Waals surface area (Å²) in [4.78, 5) is 22.3. The second-order valence-corrected chi connectivity index (χ2v) is 4.91. The van der Waals surface area contributed by atoms with E-state index in [1.54, 1.807) is 6.07 Å². The van der Waals surface area contributed by atoms with Gasteiger partial charge in [0.05, 0.1) is 4.92 Å². The highest BCUT2D eigenvalue weighted by molar-refractivity contribution is 5.88. The lowest BCUT2D eigenvalue weighted by Gasteiger charge is -2.05. The molecule has 0 amide bonds. The van der Waals surface area contributed by atoms with Crippen molar-refractivity contribution in [3.63, 3.8) is 0 Å². The molecule has 0 radical (unpaired) electrons. The van der Waals surface area contributed by atoms with Gasteiger partial charge in [-0.3, -0.25) is 14.9 Å². The Bertz CT molecular complexity index is 958. The molecule has 0 saturated heterocycles. The van der Waals surface area contributed by atoms with Crippen molar-refractivity contribution >= 4 is 16.7 Å². The van der Waals surface area contributed by atoms with E-state index in [0.717, 1.165) is 17.2 Å². The molecule has 3 aromatic rings. The zero-order valence-corrected chi connectivity index (χ0v) is 11.6. The largest absolute Gasteiger partial charge is 0.501 e. The Labute approximate surface area is 124 Å². The Morgan fingerprint density at radius 2 is 1.95 bits per heavy atom. The summed E-state index contributed by atoms with van der Waals surface area (Å²) in [6, 6.07) is 11.0. The second kappa shape index (κ2) is 5.00. The van der Waals surface area contributed by atoms with Gasteiger partial charge in [-0.05, 0) is 19.1 Å². The molecule has 1 N–H and O–H groups in total. The molecule has 1 aromatic heterocycles. The van der Waals surface area contributed by atoms with Crippen molar-refractivity contribution in [3.8, 4) is 17.1 Å². The van der Waals surface area contributed by atoms with Gasteiger partial charge in [0.15, 0.2) is 5.43 Å². The van der Waals surface area contributed by atoms with Crippen molar-refractivity contribution in [2.24, 2.45) is 0 Å². The number of fused-ring (bicyclic) bond motifs is 1. The molecule has 22 heavy (non-hydrogen) atoms. The predicted molar refractivity (Wildman–Crippen MR) is 81.0 cm³/mol. The number of rotatable bonds is 2. The highest BCUT2D eigenvalue weighted by Gasteiger charge is 2.20. The third kappa shape index (κ3) is 2.20. The van der Waals surface area contributed by atoms with Crippen molar-refractivity contribution in [1.82, 2.24) is 0 Å². The molecule has 1 heterocycles. The van der Waals surface area contributed by atoms with Gasteiger partial charge in [-0.2, -0.15) is 0 Å². The number of phenolic OH excluding ortho intramolecular Hbond substituents is 1. The number of nitro benzene ring substituents is 1. The van der Waals surface area contributed by atoms with Crippen LogP contribution in [-0.4, -0.2) is 10.0 Å². The fourth-order valence-corrected chi connectivity index (χ4v) is 2.31. The average Bonchev–Trinajstić information content (AvgIpc) is 2.46. The molecule has 0 saturated carbocycles. The number of phenols is 1. The zero-order valence-electron chi connectivity index (χ0n) is 11.6. The maximum atomic E-state index is 12.2. The molecule has 0 bridgehead atoms. The zero-order chi connectivity index (χ0) is 15.9. The number of nitro groups is 1. The van der Waals surface area contributed by atoms with Gasteiger partial charge in [0.25, 0.3) is 0 Å². The molecule has 0 aliphatic heterocycles. The van der Waals surface area contributed by atoms with Crippen molar-refractivity contribution < 1.29 is 14.4 Å². The van der Waals surface area contributed by atoms with Crippen molar-refractivity contribution in [2.75, 3.05) is 0 Å². The molecule has 0 spiro atoms. The van der Waals surface area contributed by atoms with Gasteiger partial charge in [-0.25, -0.2) is 0 Å². The lowest BCUT2D eigenvalue weighted by molar-refractivity contribution is -0.385. The number of aryl methyl sites for hydroxylation is 1. The molecule has 6 heteroatoms. The summed E-state index contributed by atoms with van der Waals surface area (Å²) < 4.78 is 5.62. The van der Waals surface area contributed by atoms with Gasteiger partial charge < -0.3 is 9.52 Å². The number of aromatic hydroxyl groups is 1. The number of nitrogens with zero attached hydrogens (tertiary/aromatic N) is 1. The van der Waals surface area contributed by atoms with Gasteiger partial charge in [0, 0.05) is 17.7 Å². The van der Waals surface area contributed by atoms with Crippen molar-refractivity contribution in [3.05, 3.63) is 68.4 Å². The molecule has 110 valence electrons. The van der Waals surface area contributed by atoms with Crippen molar-refractivity contribution in [2.45, 2.75) is 6.92 Å². The first-order valence-electron chi connectivity index (χ1n) is 6.48. The molecule has 0 aliphatic carbocycles. The van der Waals surface area contributed by atoms with E-state index < -0.39 is 21.8 Å². The first-order valence-corrected chi connectivity index (χ1v) is 6.48. The van der Waals surface area contributed by atoms with Crippen LogP contribution >= 0.6 is 0 Å². The van der Waals surface area contributed by atoms with E-state index in [4.69, 9.17) is 4.42 Å². The molecule has 3 rings (SSSR count). The quantitative estimate of drug-likeness (QED) is 0.578. The minimum atomic E-state index is -0.747. The topological polar surface area (TPSA) is 93.6 Å². The smallest absolute Gasteiger partial charge is 0.311 e. The van der Waals surface area contributed by atoms with Crippen LogP contribution in [0.4, 0.5) is 5.69 Å². The Morgan fingerprint density at radius 3 is 2.64 bits per heavy atom. The van der Waals surface area contributed by atoms with Crippen LogP contribution in [0.15, 0.2) is 51.7 Å². The summed E-state index contributed by atoms with van der Waals surface area (Å²) in [7, 11) is 0. The fourth-order valence-electron chi connectivity index (χ4n) is 2.31. The van der Waals surface area contributed by atoms with E-state index in [0.29, 0.717) is 5.76 Å². The minimum absolute atomic E-state index is 0.104. The molecule has 0 unspecified atom stereocenters. The monoisotopic (exact) mass is 297 g/mol. The summed E-state index contributed by atoms with van der Waals surface area (Å²) in [6.45, 7) is 1.91. The molecule has 0 aliphatic rings. The Kier molecular flexibility index (Phi) is 3.14. The van der Waals surface area contributed by atoms with Gasteiger partial charge in [-0.1, -0.05) is 23.8 Å². The summed E-state index contributed by atoms with van der Waals surface area (Å²) >= 11 is 0. The normalized spacial score (nSPS) is 10.8. The summed E-state index contributed by atoms with van der Waals surface area (Å²) in [5.41, 5.74) is 0.776. The molecular formula is C16H11NO5. The van der Waals surface area contributed by atoms with Crippen LogP contribution in [0.5, 0.6) is 5.75 Å². The van der Waals surface area contributed by atoms with Gasteiger partial charge in [0.2, 0.25) is 5.75 Å². The maximum absolute atomic E-state index is 12.2. The lowest BCUT2D eigenvalue weighted by atomic mass is 10.1. The predicted octanol–water partition coefficient (Wildman–Crippen LogP) is 3.38. The molecule has 0 atom stereocenters. The fraction of sp³-hybridized carbons (Fsp3) is 0.0625. The molecule has 2 aromatic carbocycles. The average molecular weight is 297 g/mol. The summed E-state index contributed by atoms with van der Waals surface area (Å²) in [5, 5.41) is 20.5. The van der Waals surface area contributed by atoms with Crippen LogP contribution in [0.1, 0.15) is 5.56 Å². The van der Waals surface area contributed by atoms with Gasteiger partial charge in [-0.15, -0.1) is 0 Å². The van der Waals surface area contributed by atoms with E-state index in [1.807, 2.05) is 25.1 Å². The summed E-state index contributed by atoms with van der Waals surface area (Å²) in [6.07, 6.45) is 0.